The van der Waals surface area contributed by atoms with Gasteiger partial charge in [-0.25, -0.2) is 13.1 Å². The van der Waals surface area contributed by atoms with E-state index in [2.05, 4.69) is 4.72 Å². The van der Waals surface area contributed by atoms with E-state index >= 15 is 0 Å². The molecule has 2 saturated heterocycles. The first-order valence-corrected chi connectivity index (χ1v) is 12.0. The maximum absolute atomic E-state index is 13.1. The third-order valence-electron chi connectivity index (χ3n) is 5.90. The Morgan fingerprint density at radius 3 is 2.40 bits per heavy atom. The second kappa shape index (κ2) is 9.89. The van der Waals surface area contributed by atoms with Crippen molar-refractivity contribution in [2.75, 3.05) is 46.4 Å². The fourth-order valence-electron chi connectivity index (χ4n) is 4.06. The molecule has 0 bridgehead atoms. The van der Waals surface area contributed by atoms with E-state index < -0.39 is 10.0 Å². The summed E-state index contributed by atoms with van der Waals surface area (Å²) in [4.78, 5) is 29.4. The van der Waals surface area contributed by atoms with Gasteiger partial charge in [-0.2, -0.15) is 0 Å². The van der Waals surface area contributed by atoms with Crippen LogP contribution in [-0.4, -0.2) is 76.5 Å². The third-order valence-corrected chi connectivity index (χ3v) is 7.36. The van der Waals surface area contributed by atoms with Crippen LogP contribution in [0.25, 0.3) is 0 Å². The molecule has 2 fully saturated rings. The lowest BCUT2D eigenvalue weighted by molar-refractivity contribution is -0.135. The van der Waals surface area contributed by atoms with E-state index in [0.29, 0.717) is 31.5 Å². The van der Waals surface area contributed by atoms with Crippen molar-refractivity contribution in [2.45, 2.75) is 37.5 Å². The molecule has 9 heteroatoms. The van der Waals surface area contributed by atoms with Gasteiger partial charge < -0.3 is 14.5 Å². The Morgan fingerprint density at radius 2 is 1.77 bits per heavy atom. The normalized spacial score (nSPS) is 18.1. The number of rotatable bonds is 7. The molecule has 2 heterocycles. The molecule has 2 amide bonds. The van der Waals surface area contributed by atoms with Gasteiger partial charge in [0.1, 0.15) is 0 Å². The zero-order chi connectivity index (χ0) is 21.7. The zero-order valence-electron chi connectivity index (χ0n) is 17.7. The molecule has 1 aromatic carbocycles. The van der Waals surface area contributed by atoms with Gasteiger partial charge in [-0.3, -0.25) is 9.59 Å². The van der Waals surface area contributed by atoms with Crippen LogP contribution in [0.1, 0.15) is 41.6 Å². The topological polar surface area (TPSA) is 96.0 Å². The van der Waals surface area contributed by atoms with Gasteiger partial charge in [-0.05, 0) is 50.3 Å². The monoisotopic (exact) mass is 437 g/mol. The predicted octanol–water partition coefficient (Wildman–Crippen LogP) is 1.39. The second-order valence-electron chi connectivity index (χ2n) is 7.97. The molecule has 0 aromatic heterocycles. The van der Waals surface area contributed by atoms with Crippen LogP contribution < -0.4 is 4.72 Å². The van der Waals surface area contributed by atoms with Gasteiger partial charge >= 0.3 is 0 Å². The van der Waals surface area contributed by atoms with Gasteiger partial charge in [0.2, 0.25) is 15.9 Å². The Morgan fingerprint density at radius 1 is 1.10 bits per heavy atom. The number of nitrogens with one attached hydrogen (secondary N) is 1. The summed E-state index contributed by atoms with van der Waals surface area (Å²) in [5.41, 5.74) is 1.11. The summed E-state index contributed by atoms with van der Waals surface area (Å²) in [7, 11) is -2.22. The van der Waals surface area contributed by atoms with Crippen molar-refractivity contribution >= 4 is 21.8 Å². The van der Waals surface area contributed by atoms with Crippen LogP contribution in [0.5, 0.6) is 0 Å². The van der Waals surface area contributed by atoms with Crippen LogP contribution in [-0.2, 0) is 19.6 Å². The van der Waals surface area contributed by atoms with Gasteiger partial charge in [-0.1, -0.05) is 6.07 Å². The minimum Gasteiger partial charge on any atom is -0.383 e. The molecule has 2 aliphatic heterocycles. The van der Waals surface area contributed by atoms with Crippen LogP contribution in [0, 0.1) is 12.8 Å². The van der Waals surface area contributed by atoms with E-state index in [1.54, 1.807) is 17.9 Å². The van der Waals surface area contributed by atoms with Gasteiger partial charge in [0.05, 0.1) is 11.5 Å². The summed E-state index contributed by atoms with van der Waals surface area (Å²) in [6.45, 7) is 4.92. The van der Waals surface area contributed by atoms with Crippen molar-refractivity contribution in [2.24, 2.45) is 5.92 Å². The first-order chi connectivity index (χ1) is 14.3. The number of benzene rings is 1. The number of carbonyl (C=O) groups excluding carboxylic acids is 2. The molecule has 0 aliphatic carbocycles. The van der Waals surface area contributed by atoms with Crippen LogP contribution in [0.2, 0.25) is 0 Å². The lowest BCUT2D eigenvalue weighted by Gasteiger charge is -2.33. The lowest BCUT2D eigenvalue weighted by Crippen LogP contribution is -2.44. The molecular formula is C21H31N3O5S. The number of likely N-dealkylation sites (tertiary alicyclic amines) is 2. The lowest BCUT2D eigenvalue weighted by atomic mass is 9.94. The first-order valence-electron chi connectivity index (χ1n) is 10.5. The van der Waals surface area contributed by atoms with Crippen LogP contribution in [0.15, 0.2) is 23.1 Å². The molecule has 8 nitrogen and oxygen atoms in total. The highest BCUT2D eigenvalue weighted by molar-refractivity contribution is 7.89. The van der Waals surface area contributed by atoms with Crippen molar-refractivity contribution in [3.63, 3.8) is 0 Å². The maximum Gasteiger partial charge on any atom is 0.254 e. The molecule has 166 valence electrons. The third kappa shape index (κ3) is 5.19. The first kappa shape index (κ1) is 22.7. The Kier molecular flexibility index (Phi) is 7.49. The zero-order valence-corrected chi connectivity index (χ0v) is 18.5. The molecular weight excluding hydrogens is 406 g/mol. The van der Waals surface area contributed by atoms with E-state index in [1.807, 2.05) is 4.90 Å². The molecule has 0 saturated carbocycles. The van der Waals surface area contributed by atoms with E-state index in [-0.39, 0.29) is 35.8 Å². The van der Waals surface area contributed by atoms with Crippen molar-refractivity contribution < 1.29 is 22.7 Å². The summed E-state index contributed by atoms with van der Waals surface area (Å²) < 4.78 is 32.3. The highest BCUT2D eigenvalue weighted by Gasteiger charge is 2.32. The standard InChI is InChI=1S/C21H31N3O5S/c1-16-5-6-18(30(27,28)22-9-14-29-2)15-19(16)21(26)24-12-7-17(8-13-24)20(25)23-10-3-4-11-23/h5-6,15,17,22H,3-4,7-14H2,1-2H3. The fraction of sp³-hybridized carbons (Fsp3) is 0.619. The van der Waals surface area contributed by atoms with E-state index in [9.17, 15) is 18.0 Å². The summed E-state index contributed by atoms with van der Waals surface area (Å²) >= 11 is 0. The van der Waals surface area contributed by atoms with Gasteiger partial charge in [-0.15, -0.1) is 0 Å². The minimum absolute atomic E-state index is 0.0232. The summed E-state index contributed by atoms with van der Waals surface area (Å²) in [6.07, 6.45) is 3.44. The highest BCUT2D eigenvalue weighted by Crippen LogP contribution is 2.24. The van der Waals surface area contributed by atoms with Gasteiger partial charge in [0.25, 0.3) is 5.91 Å². The number of amides is 2. The molecule has 0 spiro atoms. The minimum atomic E-state index is -3.72. The van der Waals surface area contributed by atoms with Crippen molar-refractivity contribution in [1.82, 2.24) is 14.5 Å². The summed E-state index contributed by atoms with van der Waals surface area (Å²) in [6, 6.07) is 4.60. The number of methoxy groups -OCH3 is 1. The molecule has 1 N–H and O–H groups in total. The quantitative estimate of drug-likeness (QED) is 0.651. The molecule has 1 aromatic rings. The number of ether oxygens (including phenoxy) is 1. The smallest absolute Gasteiger partial charge is 0.254 e. The number of piperidine rings is 1. The second-order valence-corrected chi connectivity index (χ2v) is 9.73. The average Bonchev–Trinajstić information content (AvgIpc) is 3.28. The average molecular weight is 438 g/mol. The summed E-state index contributed by atoms with van der Waals surface area (Å²) in [5.74, 6) is 0.00413. The Balaban J connectivity index is 1.66. The molecule has 0 radical (unpaired) electrons. The number of carbonyl (C=O) groups is 2. The summed E-state index contributed by atoms with van der Waals surface area (Å²) in [5, 5.41) is 0. The molecule has 3 rings (SSSR count). The van der Waals surface area contributed by atoms with Crippen LogP contribution in [0.4, 0.5) is 0 Å². The predicted molar refractivity (Wildman–Crippen MR) is 113 cm³/mol. The van der Waals surface area contributed by atoms with Crippen molar-refractivity contribution in [3.8, 4) is 0 Å². The van der Waals surface area contributed by atoms with E-state index in [0.717, 1.165) is 31.5 Å². The number of nitrogens with zero attached hydrogens (tertiary/aromatic N) is 2. The number of hydrogen-bond donors (Lipinski definition) is 1. The van der Waals surface area contributed by atoms with Crippen molar-refractivity contribution in [3.05, 3.63) is 29.3 Å². The Labute approximate surface area is 178 Å². The highest BCUT2D eigenvalue weighted by atomic mass is 32.2. The van der Waals surface area contributed by atoms with E-state index in [1.165, 1.54) is 19.2 Å². The number of sulfonamides is 1. The Hall–Kier alpha value is -1.97. The largest absolute Gasteiger partial charge is 0.383 e. The number of hydrogen-bond acceptors (Lipinski definition) is 5. The van der Waals surface area contributed by atoms with Gasteiger partial charge in [0.15, 0.2) is 0 Å². The SMILES string of the molecule is COCCNS(=O)(=O)c1ccc(C)c(C(=O)N2CCC(C(=O)N3CCCC3)CC2)c1. The molecule has 0 atom stereocenters. The van der Waals surface area contributed by atoms with Crippen molar-refractivity contribution in [1.29, 1.82) is 0 Å². The number of aryl methyl sites for hydroxylation is 1. The molecule has 2 aliphatic rings. The van der Waals surface area contributed by atoms with Gasteiger partial charge in [0, 0.05) is 51.3 Å². The fourth-order valence-corrected chi connectivity index (χ4v) is 5.09. The van der Waals surface area contributed by atoms with Crippen LogP contribution >= 0.6 is 0 Å². The molecule has 30 heavy (non-hydrogen) atoms. The Bertz CT molecular complexity index is 873. The maximum atomic E-state index is 13.1. The van der Waals surface area contributed by atoms with Crippen LogP contribution in [0.3, 0.4) is 0 Å². The molecule has 0 unspecified atom stereocenters. The van der Waals surface area contributed by atoms with E-state index in [4.69, 9.17) is 4.74 Å².